The van der Waals surface area contributed by atoms with E-state index in [0.29, 0.717) is 6.04 Å². The molecule has 0 spiro atoms. The minimum absolute atomic E-state index is 0.160. The Hall–Kier alpha value is -0.610. The molecule has 2 saturated carbocycles. The van der Waals surface area contributed by atoms with Gasteiger partial charge in [0.05, 0.1) is 5.54 Å². The Balaban J connectivity index is 1.74. The van der Waals surface area contributed by atoms with Crippen molar-refractivity contribution in [3.8, 4) is 0 Å². The zero-order valence-electron chi connectivity index (χ0n) is 13.4. The fourth-order valence-electron chi connectivity index (χ4n) is 5.22. The molecule has 3 N–H and O–H groups in total. The summed E-state index contributed by atoms with van der Waals surface area (Å²) in [5, 5.41) is 3.26. The van der Waals surface area contributed by atoms with Crippen molar-refractivity contribution in [3.05, 3.63) is 0 Å². The summed E-state index contributed by atoms with van der Waals surface area (Å²) in [6.45, 7) is 1.23. The van der Waals surface area contributed by atoms with Crippen LogP contribution < -0.4 is 11.1 Å². The zero-order valence-corrected chi connectivity index (χ0v) is 13.4. The zero-order chi connectivity index (χ0) is 14.9. The van der Waals surface area contributed by atoms with Crippen LogP contribution in [-0.4, -0.2) is 42.0 Å². The number of hydrogen-bond donors (Lipinski definition) is 2. The van der Waals surface area contributed by atoms with Crippen LogP contribution in [0.3, 0.4) is 0 Å². The molecule has 3 rings (SSSR count). The van der Waals surface area contributed by atoms with Gasteiger partial charge in [-0.2, -0.15) is 0 Å². The molecule has 1 aliphatic heterocycles. The third kappa shape index (κ3) is 2.85. The smallest absolute Gasteiger partial charge is 0.237 e. The Morgan fingerprint density at radius 1 is 1.14 bits per heavy atom. The molecule has 0 aromatic heterocycles. The first-order valence-electron chi connectivity index (χ1n) is 8.91. The van der Waals surface area contributed by atoms with Gasteiger partial charge < -0.3 is 11.1 Å². The van der Waals surface area contributed by atoms with Crippen molar-refractivity contribution in [2.45, 2.75) is 81.8 Å². The van der Waals surface area contributed by atoms with E-state index in [0.717, 1.165) is 31.2 Å². The number of hydrogen-bond acceptors (Lipinski definition) is 3. The number of carbonyl (C=O) groups excluding carboxylic acids is 1. The van der Waals surface area contributed by atoms with E-state index in [1.54, 1.807) is 0 Å². The van der Waals surface area contributed by atoms with Gasteiger partial charge in [0.2, 0.25) is 5.91 Å². The van der Waals surface area contributed by atoms with Crippen molar-refractivity contribution >= 4 is 5.91 Å². The molecule has 3 aliphatic rings. The second-order valence-electron chi connectivity index (χ2n) is 7.44. The van der Waals surface area contributed by atoms with Crippen LogP contribution >= 0.6 is 0 Å². The van der Waals surface area contributed by atoms with Crippen molar-refractivity contribution in [1.82, 2.24) is 10.2 Å². The van der Waals surface area contributed by atoms with Gasteiger partial charge in [-0.3, -0.25) is 9.69 Å². The van der Waals surface area contributed by atoms with Crippen LogP contribution in [0, 0.1) is 5.92 Å². The lowest BCUT2D eigenvalue weighted by Gasteiger charge is -2.51. The minimum atomic E-state index is -0.468. The highest BCUT2D eigenvalue weighted by Gasteiger charge is 2.44. The number of likely N-dealkylation sites (tertiary alicyclic amines) is 1. The third-order valence-electron chi connectivity index (χ3n) is 6.43. The molecule has 1 amide bonds. The van der Waals surface area contributed by atoms with Crippen LogP contribution in [0.15, 0.2) is 0 Å². The second kappa shape index (κ2) is 6.25. The van der Waals surface area contributed by atoms with Crippen molar-refractivity contribution in [3.63, 3.8) is 0 Å². The highest BCUT2D eigenvalue weighted by molar-refractivity contribution is 5.84. The monoisotopic (exact) mass is 293 g/mol. The summed E-state index contributed by atoms with van der Waals surface area (Å²) in [6.07, 6.45) is 12.5. The van der Waals surface area contributed by atoms with Crippen LogP contribution in [0.1, 0.15) is 64.2 Å². The lowest BCUT2D eigenvalue weighted by Crippen LogP contribution is -2.62. The molecule has 4 nitrogen and oxygen atoms in total. The molecule has 0 radical (unpaired) electrons. The summed E-state index contributed by atoms with van der Waals surface area (Å²) < 4.78 is 0. The second-order valence-corrected chi connectivity index (χ2v) is 7.44. The average molecular weight is 293 g/mol. The van der Waals surface area contributed by atoms with E-state index < -0.39 is 5.54 Å². The van der Waals surface area contributed by atoms with Gasteiger partial charge in [0.1, 0.15) is 0 Å². The normalized spacial score (nSPS) is 41.5. The molecule has 2 unspecified atom stereocenters. The largest absolute Gasteiger partial charge is 0.368 e. The van der Waals surface area contributed by atoms with E-state index in [-0.39, 0.29) is 5.91 Å². The van der Waals surface area contributed by atoms with Gasteiger partial charge in [-0.05, 0) is 70.9 Å². The molecule has 4 atom stereocenters. The number of nitrogens with zero attached hydrogens (tertiary/aromatic N) is 1. The standard InChI is InChI=1S/C17H31N3O/c1-19-17(16(18)21)10-4-8-14(12-17)20-11-5-7-13-6-2-3-9-15(13)20/h13-15,19H,2-12H2,1H3,(H2,18,21)/t13-,14?,15-,17?/m1/s1. The summed E-state index contributed by atoms with van der Waals surface area (Å²) in [5.41, 5.74) is 5.25. The number of nitrogens with two attached hydrogens (primary N) is 1. The van der Waals surface area contributed by atoms with E-state index >= 15 is 0 Å². The number of likely N-dealkylation sites (N-methyl/N-ethyl adjacent to an activating group) is 1. The maximum absolute atomic E-state index is 12.0. The van der Waals surface area contributed by atoms with E-state index in [2.05, 4.69) is 10.2 Å². The fourth-order valence-corrected chi connectivity index (χ4v) is 5.22. The molecular weight excluding hydrogens is 262 g/mol. The van der Waals surface area contributed by atoms with Gasteiger partial charge in [-0.25, -0.2) is 0 Å². The van der Waals surface area contributed by atoms with Gasteiger partial charge >= 0.3 is 0 Å². The van der Waals surface area contributed by atoms with Crippen LogP contribution in [-0.2, 0) is 4.79 Å². The number of nitrogens with one attached hydrogen (secondary N) is 1. The van der Waals surface area contributed by atoms with Gasteiger partial charge in [0.25, 0.3) is 0 Å². The third-order valence-corrected chi connectivity index (χ3v) is 6.43. The molecule has 120 valence electrons. The van der Waals surface area contributed by atoms with Crippen molar-refractivity contribution < 1.29 is 4.79 Å². The first-order valence-corrected chi connectivity index (χ1v) is 8.91. The quantitative estimate of drug-likeness (QED) is 0.837. The lowest BCUT2D eigenvalue weighted by molar-refractivity contribution is -0.127. The maximum atomic E-state index is 12.0. The molecule has 4 heteroatoms. The molecule has 1 heterocycles. The number of amides is 1. The molecule has 2 aliphatic carbocycles. The predicted octanol–water partition coefficient (Wildman–Crippen LogP) is 2.03. The molecule has 0 bridgehead atoms. The summed E-state index contributed by atoms with van der Waals surface area (Å²) in [4.78, 5) is 14.7. The van der Waals surface area contributed by atoms with Gasteiger partial charge in [-0.15, -0.1) is 0 Å². The van der Waals surface area contributed by atoms with E-state index in [1.807, 2.05) is 7.05 Å². The van der Waals surface area contributed by atoms with E-state index in [1.165, 1.54) is 51.5 Å². The summed E-state index contributed by atoms with van der Waals surface area (Å²) in [7, 11) is 1.90. The Morgan fingerprint density at radius 2 is 1.90 bits per heavy atom. The lowest BCUT2D eigenvalue weighted by atomic mass is 9.73. The van der Waals surface area contributed by atoms with E-state index in [4.69, 9.17) is 5.73 Å². The number of rotatable bonds is 3. The summed E-state index contributed by atoms with van der Waals surface area (Å²) in [6, 6.07) is 1.32. The summed E-state index contributed by atoms with van der Waals surface area (Å²) in [5.74, 6) is 0.749. The van der Waals surface area contributed by atoms with Crippen molar-refractivity contribution in [1.29, 1.82) is 0 Å². The fraction of sp³-hybridized carbons (Fsp3) is 0.941. The highest BCUT2D eigenvalue weighted by Crippen LogP contribution is 2.40. The van der Waals surface area contributed by atoms with Gasteiger partial charge in [0.15, 0.2) is 0 Å². The van der Waals surface area contributed by atoms with Gasteiger partial charge in [-0.1, -0.05) is 12.8 Å². The van der Waals surface area contributed by atoms with Crippen LogP contribution in [0.4, 0.5) is 0 Å². The minimum Gasteiger partial charge on any atom is -0.368 e. The maximum Gasteiger partial charge on any atom is 0.237 e. The molecule has 0 aromatic rings. The Morgan fingerprint density at radius 3 is 2.67 bits per heavy atom. The SMILES string of the molecule is CNC1(C(N)=O)CCCC(N2CCC[C@H]3CCCC[C@H]32)C1. The molecule has 0 aromatic carbocycles. The van der Waals surface area contributed by atoms with Crippen molar-refractivity contribution in [2.75, 3.05) is 13.6 Å². The van der Waals surface area contributed by atoms with E-state index in [9.17, 15) is 4.79 Å². The van der Waals surface area contributed by atoms with Crippen molar-refractivity contribution in [2.24, 2.45) is 11.7 Å². The molecule has 3 fully saturated rings. The Labute approximate surface area is 128 Å². The number of fused-ring (bicyclic) bond motifs is 1. The Kier molecular flexibility index (Phi) is 4.55. The molecule has 21 heavy (non-hydrogen) atoms. The molecule has 1 saturated heterocycles. The first-order chi connectivity index (χ1) is 10.2. The van der Waals surface area contributed by atoms with Crippen LogP contribution in [0.2, 0.25) is 0 Å². The van der Waals surface area contributed by atoms with Gasteiger partial charge in [0, 0.05) is 12.1 Å². The Bertz CT molecular complexity index is 384. The summed E-state index contributed by atoms with van der Waals surface area (Å²) >= 11 is 0. The predicted molar refractivity (Wildman–Crippen MR) is 84.9 cm³/mol. The number of piperidine rings is 1. The highest BCUT2D eigenvalue weighted by atomic mass is 16.1. The average Bonchev–Trinajstić information content (AvgIpc) is 2.54. The number of carbonyl (C=O) groups is 1. The van der Waals surface area contributed by atoms with Crippen LogP contribution in [0.5, 0.6) is 0 Å². The van der Waals surface area contributed by atoms with Crippen LogP contribution in [0.25, 0.3) is 0 Å². The molecular formula is C17H31N3O. The number of primary amides is 1. The topological polar surface area (TPSA) is 58.4 Å². The first kappa shape index (κ1) is 15.3.